The molecule has 0 saturated heterocycles. The quantitative estimate of drug-likeness (QED) is 0.679. The van der Waals surface area contributed by atoms with E-state index in [-0.39, 0.29) is 11.9 Å². The van der Waals surface area contributed by atoms with E-state index in [1.54, 1.807) is 12.1 Å². The maximum absolute atomic E-state index is 12.2. The van der Waals surface area contributed by atoms with Crippen LogP contribution in [0.4, 0.5) is 14.5 Å². The van der Waals surface area contributed by atoms with Crippen LogP contribution in [-0.4, -0.2) is 42.4 Å². The third kappa shape index (κ3) is 5.45. The third-order valence-electron chi connectivity index (χ3n) is 4.10. The van der Waals surface area contributed by atoms with Crippen molar-refractivity contribution in [3.8, 4) is 17.2 Å². The SMILES string of the molecule is CCCN(C[C@@H]1COc2ccccc2O1)C(=S)Nc1ccc(OC(F)F)cc1. The largest absolute Gasteiger partial charge is 0.486 e. The highest BCUT2D eigenvalue weighted by atomic mass is 32.1. The number of nitrogens with zero attached hydrogens (tertiary/aromatic N) is 1. The fourth-order valence-corrected chi connectivity index (χ4v) is 3.15. The number of ether oxygens (including phenoxy) is 3. The molecule has 0 spiro atoms. The first-order valence-corrected chi connectivity index (χ1v) is 9.45. The number of thiocarbonyl (C=S) groups is 1. The number of benzene rings is 2. The van der Waals surface area contributed by atoms with E-state index in [4.69, 9.17) is 21.7 Å². The lowest BCUT2D eigenvalue weighted by Crippen LogP contribution is -2.45. The molecule has 1 atom stereocenters. The Morgan fingerprint density at radius 1 is 1.21 bits per heavy atom. The van der Waals surface area contributed by atoms with E-state index < -0.39 is 6.61 Å². The minimum atomic E-state index is -2.84. The lowest BCUT2D eigenvalue weighted by molar-refractivity contribution is -0.0498. The third-order valence-corrected chi connectivity index (χ3v) is 4.46. The first-order chi connectivity index (χ1) is 13.5. The molecule has 0 amide bonds. The van der Waals surface area contributed by atoms with Gasteiger partial charge in [0.05, 0.1) is 6.54 Å². The molecule has 0 radical (unpaired) electrons. The van der Waals surface area contributed by atoms with Crippen LogP contribution in [0.15, 0.2) is 48.5 Å². The molecule has 5 nitrogen and oxygen atoms in total. The van der Waals surface area contributed by atoms with Crippen molar-refractivity contribution in [2.75, 3.05) is 25.0 Å². The van der Waals surface area contributed by atoms with Gasteiger partial charge in [-0.05, 0) is 55.0 Å². The number of hydrogen-bond donors (Lipinski definition) is 1. The summed E-state index contributed by atoms with van der Waals surface area (Å²) in [6, 6.07) is 13.8. The Labute approximate surface area is 168 Å². The van der Waals surface area contributed by atoms with Crippen LogP contribution in [0.3, 0.4) is 0 Å². The van der Waals surface area contributed by atoms with Crippen LogP contribution in [0, 0.1) is 0 Å². The van der Waals surface area contributed by atoms with Gasteiger partial charge in [0.15, 0.2) is 22.7 Å². The predicted molar refractivity (Wildman–Crippen MR) is 108 cm³/mol. The van der Waals surface area contributed by atoms with Crippen molar-refractivity contribution in [1.29, 1.82) is 0 Å². The second kappa shape index (κ2) is 9.54. The predicted octanol–water partition coefficient (Wildman–Crippen LogP) is 4.54. The first-order valence-electron chi connectivity index (χ1n) is 9.04. The summed E-state index contributed by atoms with van der Waals surface area (Å²) in [6.07, 6.45) is 0.760. The summed E-state index contributed by atoms with van der Waals surface area (Å²) in [5, 5.41) is 3.67. The van der Waals surface area contributed by atoms with Crippen LogP contribution in [0.25, 0.3) is 0 Å². The number of rotatable bonds is 7. The number of hydrogen-bond acceptors (Lipinski definition) is 4. The van der Waals surface area contributed by atoms with E-state index in [2.05, 4.69) is 17.0 Å². The van der Waals surface area contributed by atoms with Crippen molar-refractivity contribution in [1.82, 2.24) is 4.90 Å². The van der Waals surface area contributed by atoms with E-state index in [9.17, 15) is 8.78 Å². The molecule has 0 aliphatic carbocycles. The minimum Gasteiger partial charge on any atom is -0.486 e. The van der Waals surface area contributed by atoms with Gasteiger partial charge in [-0.15, -0.1) is 0 Å². The van der Waals surface area contributed by atoms with Crippen molar-refractivity contribution in [3.63, 3.8) is 0 Å². The van der Waals surface area contributed by atoms with Crippen molar-refractivity contribution >= 4 is 23.0 Å². The highest BCUT2D eigenvalue weighted by molar-refractivity contribution is 7.80. The van der Waals surface area contributed by atoms with Crippen LogP contribution >= 0.6 is 12.2 Å². The highest BCUT2D eigenvalue weighted by Gasteiger charge is 2.24. The Hall–Kier alpha value is -2.61. The first kappa shape index (κ1) is 20.1. The van der Waals surface area contributed by atoms with Crippen LogP contribution in [-0.2, 0) is 0 Å². The van der Waals surface area contributed by atoms with Crippen molar-refractivity contribution < 1.29 is 23.0 Å². The average molecular weight is 408 g/mol. The molecule has 28 heavy (non-hydrogen) atoms. The van der Waals surface area contributed by atoms with Gasteiger partial charge in [0.1, 0.15) is 12.4 Å². The molecule has 150 valence electrons. The second-order valence-corrected chi connectivity index (χ2v) is 6.66. The fourth-order valence-electron chi connectivity index (χ4n) is 2.87. The van der Waals surface area contributed by atoms with Gasteiger partial charge in [-0.25, -0.2) is 0 Å². The Kier molecular flexibility index (Phi) is 6.86. The zero-order chi connectivity index (χ0) is 19.9. The molecule has 1 aliphatic heterocycles. The number of halogens is 2. The number of nitrogens with one attached hydrogen (secondary N) is 1. The molecule has 0 aromatic heterocycles. The van der Waals surface area contributed by atoms with Crippen molar-refractivity contribution in [3.05, 3.63) is 48.5 Å². The minimum absolute atomic E-state index is 0.100. The van der Waals surface area contributed by atoms with Gasteiger partial charge in [0.2, 0.25) is 0 Å². The van der Waals surface area contributed by atoms with Gasteiger partial charge in [-0.2, -0.15) is 8.78 Å². The fraction of sp³-hybridized carbons (Fsp3) is 0.350. The normalized spacial score (nSPS) is 15.2. The summed E-state index contributed by atoms with van der Waals surface area (Å²) < 4.78 is 40.6. The van der Waals surface area contributed by atoms with Gasteiger partial charge in [-0.3, -0.25) is 0 Å². The summed E-state index contributed by atoms with van der Waals surface area (Å²) >= 11 is 5.54. The molecule has 0 unspecified atom stereocenters. The molecule has 1 N–H and O–H groups in total. The Morgan fingerprint density at radius 3 is 2.61 bits per heavy atom. The molecule has 2 aromatic carbocycles. The van der Waals surface area contributed by atoms with Crippen molar-refractivity contribution in [2.24, 2.45) is 0 Å². The van der Waals surface area contributed by atoms with Crippen LogP contribution in [0.5, 0.6) is 17.2 Å². The molecule has 0 saturated carbocycles. The monoisotopic (exact) mass is 408 g/mol. The molecule has 1 heterocycles. The molecule has 2 aromatic rings. The van der Waals surface area contributed by atoms with Crippen LogP contribution in [0.2, 0.25) is 0 Å². The Bertz CT molecular complexity index is 789. The average Bonchev–Trinajstić information content (AvgIpc) is 2.68. The standard InChI is InChI=1S/C20H22F2N2O3S/c1-2-11-24(12-16-13-25-17-5-3-4-6-18(17)26-16)20(28)23-14-7-9-15(10-8-14)27-19(21)22/h3-10,16,19H,2,11-13H2,1H3,(H,23,28)/t16-/m1/s1. The highest BCUT2D eigenvalue weighted by Crippen LogP contribution is 2.31. The summed E-state index contributed by atoms with van der Waals surface area (Å²) in [5.41, 5.74) is 0.693. The molecule has 0 bridgehead atoms. The van der Waals surface area contributed by atoms with Crippen molar-refractivity contribution in [2.45, 2.75) is 26.1 Å². The number of anilines is 1. The molecular weight excluding hydrogens is 386 g/mol. The van der Waals surface area contributed by atoms with Crippen LogP contribution in [0.1, 0.15) is 13.3 Å². The Morgan fingerprint density at radius 2 is 1.93 bits per heavy atom. The van der Waals surface area contributed by atoms with E-state index >= 15 is 0 Å². The van der Waals surface area contributed by atoms with Gasteiger partial charge < -0.3 is 24.4 Å². The number of alkyl halides is 2. The molecular formula is C20H22F2N2O3S. The molecule has 8 heteroatoms. The summed E-state index contributed by atoms with van der Waals surface area (Å²) in [7, 11) is 0. The Balaban J connectivity index is 1.59. The summed E-state index contributed by atoms with van der Waals surface area (Å²) in [5.74, 6) is 1.57. The molecule has 1 aliphatic rings. The van der Waals surface area contributed by atoms with Gasteiger partial charge in [0, 0.05) is 12.2 Å². The smallest absolute Gasteiger partial charge is 0.387 e. The molecule has 0 fully saturated rings. The topological polar surface area (TPSA) is 43.0 Å². The number of fused-ring (bicyclic) bond motifs is 1. The maximum atomic E-state index is 12.2. The van der Waals surface area contributed by atoms with E-state index in [0.717, 1.165) is 24.5 Å². The summed E-state index contributed by atoms with van der Waals surface area (Å²) in [4.78, 5) is 2.01. The van der Waals surface area contributed by atoms with Gasteiger partial charge in [-0.1, -0.05) is 19.1 Å². The number of para-hydroxylation sites is 2. The van der Waals surface area contributed by atoms with E-state index in [0.29, 0.717) is 24.0 Å². The zero-order valence-electron chi connectivity index (χ0n) is 15.4. The maximum Gasteiger partial charge on any atom is 0.387 e. The second-order valence-electron chi connectivity index (χ2n) is 6.28. The van der Waals surface area contributed by atoms with E-state index in [1.165, 1.54) is 12.1 Å². The van der Waals surface area contributed by atoms with Gasteiger partial charge in [0.25, 0.3) is 0 Å². The lowest BCUT2D eigenvalue weighted by Gasteiger charge is -2.32. The zero-order valence-corrected chi connectivity index (χ0v) is 16.3. The van der Waals surface area contributed by atoms with E-state index in [1.807, 2.05) is 29.2 Å². The van der Waals surface area contributed by atoms with Crippen LogP contribution < -0.4 is 19.5 Å². The lowest BCUT2D eigenvalue weighted by atomic mass is 10.2. The summed E-state index contributed by atoms with van der Waals surface area (Å²) in [6.45, 7) is 0.988. The van der Waals surface area contributed by atoms with Gasteiger partial charge >= 0.3 is 6.61 Å². The molecule has 3 rings (SSSR count).